The van der Waals surface area contributed by atoms with Crippen molar-refractivity contribution in [2.75, 3.05) is 5.73 Å². The summed E-state index contributed by atoms with van der Waals surface area (Å²) in [5.74, 6) is 0. The van der Waals surface area contributed by atoms with Crippen molar-refractivity contribution in [1.29, 1.82) is 0 Å². The Morgan fingerprint density at radius 2 is 1.50 bits per heavy atom. The molecule has 0 radical (unpaired) electrons. The number of anilines is 1. The molecule has 0 fully saturated rings. The van der Waals surface area contributed by atoms with Crippen LogP contribution in [0, 0.1) is 6.92 Å². The fraction of sp³-hybridized carbons (Fsp3) is 0.0476. The van der Waals surface area contributed by atoms with Gasteiger partial charge in [0.15, 0.2) is 0 Å². The average molecular weight is 374 g/mol. The molecule has 0 bridgehead atoms. The van der Waals surface area contributed by atoms with Crippen molar-refractivity contribution >= 4 is 48.8 Å². The van der Waals surface area contributed by atoms with Gasteiger partial charge >= 0.3 is 0 Å². The van der Waals surface area contributed by atoms with Gasteiger partial charge in [-0.05, 0) is 61.0 Å². The van der Waals surface area contributed by atoms with Gasteiger partial charge < -0.3 is 5.73 Å². The van der Waals surface area contributed by atoms with Crippen molar-refractivity contribution in [2.24, 2.45) is 0 Å². The smallest absolute Gasteiger partial charge is 0.124 e. The van der Waals surface area contributed by atoms with Crippen molar-refractivity contribution in [1.82, 2.24) is 9.97 Å². The first-order valence-electron chi connectivity index (χ1n) is 8.30. The maximum Gasteiger partial charge on any atom is 0.124 e. The van der Waals surface area contributed by atoms with Gasteiger partial charge in [-0.1, -0.05) is 12.1 Å². The third-order valence-corrected chi connectivity index (χ3v) is 6.73. The molecule has 2 heterocycles. The summed E-state index contributed by atoms with van der Waals surface area (Å²) in [6.07, 6.45) is 0. The van der Waals surface area contributed by atoms with Crippen molar-refractivity contribution in [3.8, 4) is 21.1 Å². The van der Waals surface area contributed by atoms with Gasteiger partial charge in [0.25, 0.3) is 0 Å². The van der Waals surface area contributed by atoms with Crippen LogP contribution < -0.4 is 5.73 Å². The highest BCUT2D eigenvalue weighted by Gasteiger charge is 2.11. The molecular weight excluding hydrogens is 358 g/mol. The third kappa shape index (κ3) is 2.57. The van der Waals surface area contributed by atoms with Gasteiger partial charge in [0.2, 0.25) is 0 Å². The molecule has 3 nitrogen and oxygen atoms in total. The second-order valence-corrected chi connectivity index (χ2v) is 8.30. The summed E-state index contributed by atoms with van der Waals surface area (Å²) < 4.78 is 2.43. The summed E-state index contributed by atoms with van der Waals surface area (Å²) in [5, 5.41) is 2.07. The molecule has 0 unspecified atom stereocenters. The Hall–Kier alpha value is -2.76. The normalized spacial score (nSPS) is 11.4. The quantitative estimate of drug-likeness (QED) is 0.379. The molecule has 5 rings (SSSR count). The first-order valence-corrected chi connectivity index (χ1v) is 9.94. The van der Waals surface area contributed by atoms with Crippen molar-refractivity contribution in [3.63, 3.8) is 0 Å². The minimum atomic E-state index is 0.767. The summed E-state index contributed by atoms with van der Waals surface area (Å²) >= 11 is 3.45. The fourth-order valence-electron chi connectivity index (χ4n) is 3.02. The van der Waals surface area contributed by atoms with Crippen LogP contribution in [0.1, 0.15) is 5.56 Å². The van der Waals surface area contributed by atoms with Gasteiger partial charge in [0.1, 0.15) is 10.0 Å². The molecule has 0 saturated carbocycles. The first kappa shape index (κ1) is 15.5. The summed E-state index contributed by atoms with van der Waals surface area (Å²) in [6.45, 7) is 2.13. The van der Waals surface area contributed by atoms with Crippen molar-refractivity contribution in [2.45, 2.75) is 6.92 Å². The molecule has 0 atom stereocenters. The number of rotatable bonds is 2. The Labute approximate surface area is 158 Å². The monoisotopic (exact) mass is 373 g/mol. The van der Waals surface area contributed by atoms with Gasteiger partial charge in [0.05, 0.1) is 20.4 Å². The molecule has 0 aliphatic carbocycles. The van der Waals surface area contributed by atoms with E-state index in [1.807, 2.05) is 24.3 Å². The van der Waals surface area contributed by atoms with Crippen LogP contribution in [-0.2, 0) is 0 Å². The minimum Gasteiger partial charge on any atom is -0.399 e. The lowest BCUT2D eigenvalue weighted by atomic mass is 10.2. The standard InChI is InChI=1S/C21H15N3S2/c1-12-3-2-4-17-19(12)26-21(24-17)14-7-10-16-18(11-14)25-20(23-16)13-5-8-15(22)9-6-13/h2-11H,22H2,1H3. The molecule has 26 heavy (non-hydrogen) atoms. The molecule has 126 valence electrons. The van der Waals surface area contributed by atoms with Crippen LogP contribution in [0.4, 0.5) is 5.69 Å². The highest BCUT2D eigenvalue weighted by molar-refractivity contribution is 7.22. The number of hydrogen-bond acceptors (Lipinski definition) is 5. The van der Waals surface area contributed by atoms with Gasteiger partial charge in [-0.2, -0.15) is 0 Å². The topological polar surface area (TPSA) is 51.8 Å². The Kier molecular flexibility index (Phi) is 3.51. The van der Waals surface area contributed by atoms with E-state index < -0.39 is 0 Å². The van der Waals surface area contributed by atoms with Crippen LogP contribution in [0.2, 0.25) is 0 Å². The number of benzene rings is 3. The van der Waals surface area contributed by atoms with Crippen LogP contribution in [0.25, 0.3) is 41.6 Å². The molecule has 0 amide bonds. The summed E-state index contributed by atoms with van der Waals surface area (Å²) in [5.41, 5.74) is 12.1. The number of nitrogens with two attached hydrogens (primary N) is 1. The zero-order valence-corrected chi connectivity index (χ0v) is 15.7. The molecular formula is C21H15N3S2. The van der Waals surface area contributed by atoms with Crippen LogP contribution in [0.15, 0.2) is 60.7 Å². The number of aryl methyl sites for hydroxylation is 1. The van der Waals surface area contributed by atoms with Crippen molar-refractivity contribution < 1.29 is 0 Å². The largest absolute Gasteiger partial charge is 0.399 e. The SMILES string of the molecule is Cc1cccc2nc(-c3ccc4nc(-c5ccc(N)cc5)sc4c3)sc12. The molecule has 5 aromatic rings. The molecule has 0 saturated heterocycles. The second-order valence-electron chi connectivity index (χ2n) is 6.27. The number of thiazole rings is 2. The van der Waals surface area contributed by atoms with Gasteiger partial charge in [-0.15, -0.1) is 22.7 Å². The lowest BCUT2D eigenvalue weighted by Gasteiger charge is -1.95. The summed E-state index contributed by atoms with van der Waals surface area (Å²) in [7, 11) is 0. The molecule has 2 N–H and O–H groups in total. The highest BCUT2D eigenvalue weighted by atomic mass is 32.1. The van der Waals surface area contributed by atoms with Crippen molar-refractivity contribution in [3.05, 3.63) is 66.2 Å². The Morgan fingerprint density at radius 1 is 0.769 bits per heavy atom. The maximum absolute atomic E-state index is 5.78. The lowest BCUT2D eigenvalue weighted by molar-refractivity contribution is 1.46. The highest BCUT2D eigenvalue weighted by Crippen LogP contribution is 2.36. The van der Waals surface area contributed by atoms with Crippen LogP contribution in [-0.4, -0.2) is 9.97 Å². The van der Waals surface area contributed by atoms with Gasteiger partial charge in [-0.3, -0.25) is 0 Å². The zero-order chi connectivity index (χ0) is 17.7. The maximum atomic E-state index is 5.78. The number of fused-ring (bicyclic) bond motifs is 2. The number of nitrogens with zero attached hydrogens (tertiary/aromatic N) is 2. The number of aromatic nitrogens is 2. The zero-order valence-electron chi connectivity index (χ0n) is 14.1. The Balaban J connectivity index is 1.60. The third-order valence-electron chi connectivity index (χ3n) is 4.40. The first-order chi connectivity index (χ1) is 12.7. The molecule has 0 spiro atoms. The van der Waals surface area contributed by atoms with Gasteiger partial charge in [0, 0.05) is 16.8 Å². The average Bonchev–Trinajstić information content (AvgIpc) is 3.26. The lowest BCUT2D eigenvalue weighted by Crippen LogP contribution is -1.83. The predicted molar refractivity (Wildman–Crippen MR) is 113 cm³/mol. The van der Waals surface area contributed by atoms with E-state index in [0.717, 1.165) is 37.9 Å². The number of nitrogen functional groups attached to an aromatic ring is 1. The van der Waals surface area contributed by atoms with E-state index in [1.54, 1.807) is 22.7 Å². The van der Waals surface area contributed by atoms with Crippen LogP contribution >= 0.6 is 22.7 Å². The summed E-state index contributed by atoms with van der Waals surface area (Å²) in [4.78, 5) is 9.58. The molecule has 3 aromatic carbocycles. The van der Waals surface area contributed by atoms with E-state index in [-0.39, 0.29) is 0 Å². The molecule has 2 aromatic heterocycles. The summed E-state index contributed by atoms with van der Waals surface area (Å²) in [6, 6.07) is 20.5. The minimum absolute atomic E-state index is 0.767. The van der Waals surface area contributed by atoms with Gasteiger partial charge in [-0.25, -0.2) is 9.97 Å². The predicted octanol–water partition coefficient (Wildman–Crippen LogP) is 6.13. The van der Waals surface area contributed by atoms with Crippen LogP contribution in [0.3, 0.4) is 0 Å². The number of hydrogen-bond donors (Lipinski definition) is 1. The van der Waals surface area contributed by atoms with E-state index in [4.69, 9.17) is 15.7 Å². The van der Waals surface area contributed by atoms with E-state index in [1.165, 1.54) is 15.0 Å². The molecule has 5 heteroatoms. The second kappa shape index (κ2) is 5.90. The molecule has 0 aliphatic heterocycles. The van der Waals surface area contributed by atoms with Crippen LogP contribution in [0.5, 0.6) is 0 Å². The van der Waals surface area contributed by atoms with E-state index in [9.17, 15) is 0 Å². The Morgan fingerprint density at radius 3 is 2.31 bits per heavy atom. The van der Waals surface area contributed by atoms with E-state index >= 15 is 0 Å². The van der Waals surface area contributed by atoms with E-state index in [2.05, 4.69) is 43.3 Å². The molecule has 0 aliphatic rings. The fourth-order valence-corrected chi connectivity index (χ4v) is 5.06. The Bertz CT molecular complexity index is 1250. The van der Waals surface area contributed by atoms with E-state index in [0.29, 0.717) is 0 Å².